The molecule has 0 amide bonds. The highest BCUT2D eigenvalue weighted by molar-refractivity contribution is 9.10. The molecule has 1 aromatic rings. The average Bonchev–Trinajstić information content (AvgIpc) is 2.05. The Morgan fingerprint density at radius 1 is 1.42 bits per heavy atom. The maximum atomic E-state index is 4.13. The van der Waals surface area contributed by atoms with Crippen molar-refractivity contribution in [3.8, 4) is 0 Å². The largest absolute Gasteiger partial charge is 0.311 e. The highest BCUT2D eigenvalue weighted by Gasteiger charge is 2.03. The van der Waals surface area contributed by atoms with Crippen molar-refractivity contribution in [2.24, 2.45) is 0 Å². The second-order valence-corrected chi connectivity index (χ2v) is 3.19. The van der Waals surface area contributed by atoms with Crippen LogP contribution in [-0.4, -0.2) is 17.0 Å². The highest BCUT2D eigenvalue weighted by atomic mass is 79.9. The minimum Gasteiger partial charge on any atom is -0.311 e. The van der Waals surface area contributed by atoms with Crippen molar-refractivity contribution in [3.05, 3.63) is 22.7 Å². The second kappa shape index (κ2) is 5.45. The van der Waals surface area contributed by atoms with Crippen molar-refractivity contribution in [2.45, 2.75) is 13.0 Å². The Balaban J connectivity index is 0.00000121. The first-order chi connectivity index (χ1) is 5.24. The van der Waals surface area contributed by atoms with E-state index in [0.29, 0.717) is 0 Å². The lowest BCUT2D eigenvalue weighted by atomic mass is 10.3. The number of halogens is 2. The third-order valence-electron chi connectivity index (χ3n) is 1.46. The molecule has 1 heterocycles. The molecule has 0 spiro atoms. The van der Waals surface area contributed by atoms with E-state index < -0.39 is 0 Å². The Morgan fingerprint density at radius 2 is 1.92 bits per heavy atom. The van der Waals surface area contributed by atoms with Crippen LogP contribution in [0.25, 0.3) is 0 Å². The lowest BCUT2D eigenvalue weighted by Crippen LogP contribution is -2.15. The zero-order valence-electron chi connectivity index (χ0n) is 6.91. The molecule has 1 N–H and O–H groups in total. The first-order valence-electron chi connectivity index (χ1n) is 3.38. The molecule has 1 atom stereocenters. The number of nitrogens with one attached hydrogen (secondary N) is 1. The van der Waals surface area contributed by atoms with Crippen LogP contribution in [0.5, 0.6) is 0 Å². The predicted molar refractivity (Wildman–Crippen MR) is 54.5 cm³/mol. The molecule has 0 aliphatic carbocycles. The fourth-order valence-electron chi connectivity index (χ4n) is 0.675. The third kappa shape index (κ3) is 3.05. The van der Waals surface area contributed by atoms with Crippen LogP contribution in [0, 0.1) is 0 Å². The molecule has 1 unspecified atom stereocenters. The predicted octanol–water partition coefficient (Wildman–Crippen LogP) is 1.94. The standard InChI is InChI=1S/C7H10BrN3.ClH/c1-5(9-2)7-10-3-6(8)4-11-7;/h3-5,9H,1-2H3;1H. The van der Waals surface area contributed by atoms with Crippen molar-refractivity contribution in [1.82, 2.24) is 15.3 Å². The fraction of sp³-hybridized carbons (Fsp3) is 0.429. The van der Waals surface area contributed by atoms with Crippen LogP contribution in [0.4, 0.5) is 0 Å². The summed E-state index contributed by atoms with van der Waals surface area (Å²) in [6.45, 7) is 2.02. The summed E-state index contributed by atoms with van der Waals surface area (Å²) in [6, 6.07) is 0.211. The SMILES string of the molecule is CNC(C)c1ncc(Br)cn1.Cl. The van der Waals surface area contributed by atoms with Crippen molar-refractivity contribution in [1.29, 1.82) is 0 Å². The first kappa shape index (κ1) is 11.8. The van der Waals surface area contributed by atoms with Crippen LogP contribution < -0.4 is 5.32 Å². The van der Waals surface area contributed by atoms with Gasteiger partial charge in [-0.25, -0.2) is 9.97 Å². The van der Waals surface area contributed by atoms with E-state index in [2.05, 4.69) is 31.2 Å². The summed E-state index contributed by atoms with van der Waals surface area (Å²) in [5.74, 6) is 0.815. The van der Waals surface area contributed by atoms with Crippen LogP contribution in [-0.2, 0) is 0 Å². The zero-order valence-corrected chi connectivity index (χ0v) is 9.32. The molecule has 0 aliphatic rings. The normalized spacial score (nSPS) is 11.9. The van der Waals surface area contributed by atoms with Crippen LogP contribution in [0.1, 0.15) is 18.8 Å². The molecule has 3 nitrogen and oxygen atoms in total. The van der Waals surface area contributed by atoms with Crippen molar-refractivity contribution in [2.75, 3.05) is 7.05 Å². The second-order valence-electron chi connectivity index (χ2n) is 2.27. The monoisotopic (exact) mass is 251 g/mol. The number of nitrogens with zero attached hydrogens (tertiary/aromatic N) is 2. The van der Waals surface area contributed by atoms with Crippen molar-refractivity contribution < 1.29 is 0 Å². The summed E-state index contributed by atoms with van der Waals surface area (Å²) in [5, 5.41) is 3.06. The van der Waals surface area contributed by atoms with E-state index in [1.165, 1.54) is 0 Å². The van der Waals surface area contributed by atoms with Gasteiger partial charge in [-0.1, -0.05) is 0 Å². The lowest BCUT2D eigenvalue weighted by Gasteiger charge is -2.06. The van der Waals surface area contributed by atoms with Gasteiger partial charge in [0.15, 0.2) is 0 Å². The van der Waals surface area contributed by atoms with Crippen molar-refractivity contribution in [3.63, 3.8) is 0 Å². The van der Waals surface area contributed by atoms with Crippen LogP contribution >= 0.6 is 28.3 Å². The molecule has 12 heavy (non-hydrogen) atoms. The van der Waals surface area contributed by atoms with E-state index in [0.717, 1.165) is 10.3 Å². The molecule has 0 saturated heterocycles. The molecule has 0 saturated carbocycles. The van der Waals surface area contributed by atoms with Gasteiger partial charge in [0, 0.05) is 12.4 Å². The van der Waals surface area contributed by atoms with Gasteiger partial charge in [-0.15, -0.1) is 12.4 Å². The minimum absolute atomic E-state index is 0. The minimum atomic E-state index is 0. The van der Waals surface area contributed by atoms with Gasteiger partial charge in [0.1, 0.15) is 5.82 Å². The number of rotatable bonds is 2. The highest BCUT2D eigenvalue weighted by Crippen LogP contribution is 2.08. The Hall–Kier alpha value is -0.190. The van der Waals surface area contributed by atoms with Gasteiger partial charge in [0.2, 0.25) is 0 Å². The molecule has 0 fully saturated rings. The van der Waals surface area contributed by atoms with Crippen LogP contribution in [0.2, 0.25) is 0 Å². The smallest absolute Gasteiger partial charge is 0.144 e. The van der Waals surface area contributed by atoms with E-state index >= 15 is 0 Å². The number of aromatic nitrogens is 2. The van der Waals surface area contributed by atoms with E-state index in [-0.39, 0.29) is 18.4 Å². The summed E-state index contributed by atoms with van der Waals surface area (Å²) >= 11 is 3.27. The average molecular weight is 253 g/mol. The summed E-state index contributed by atoms with van der Waals surface area (Å²) in [4.78, 5) is 8.26. The van der Waals surface area contributed by atoms with Crippen LogP contribution in [0.15, 0.2) is 16.9 Å². The number of hydrogen-bond donors (Lipinski definition) is 1. The molecule has 1 aromatic heterocycles. The van der Waals surface area contributed by atoms with Gasteiger partial charge in [-0.3, -0.25) is 0 Å². The lowest BCUT2D eigenvalue weighted by molar-refractivity contribution is 0.609. The third-order valence-corrected chi connectivity index (χ3v) is 1.87. The Bertz CT molecular complexity index is 227. The molecule has 1 rings (SSSR count). The Morgan fingerprint density at radius 3 is 2.33 bits per heavy atom. The molecule has 5 heteroatoms. The first-order valence-corrected chi connectivity index (χ1v) is 4.18. The maximum absolute atomic E-state index is 4.13. The van der Waals surface area contributed by atoms with Gasteiger partial charge in [0.05, 0.1) is 10.5 Å². The molecule has 68 valence electrons. The van der Waals surface area contributed by atoms with Gasteiger partial charge in [0.25, 0.3) is 0 Å². The molecular weight excluding hydrogens is 241 g/mol. The quantitative estimate of drug-likeness (QED) is 0.874. The van der Waals surface area contributed by atoms with Crippen molar-refractivity contribution >= 4 is 28.3 Å². The van der Waals surface area contributed by atoms with Gasteiger partial charge < -0.3 is 5.32 Å². The molecule has 0 aliphatic heterocycles. The summed E-state index contributed by atoms with van der Waals surface area (Å²) in [6.07, 6.45) is 3.49. The molecule has 0 radical (unpaired) electrons. The van der Waals surface area contributed by atoms with Gasteiger partial charge in [-0.05, 0) is 29.9 Å². The fourth-order valence-corrected chi connectivity index (χ4v) is 0.880. The molecule has 0 bridgehead atoms. The van der Waals surface area contributed by atoms with E-state index in [1.54, 1.807) is 12.4 Å². The zero-order chi connectivity index (χ0) is 8.27. The maximum Gasteiger partial charge on any atom is 0.144 e. The molecular formula is C7H11BrClN3. The molecule has 0 aromatic carbocycles. The van der Waals surface area contributed by atoms with Gasteiger partial charge in [-0.2, -0.15) is 0 Å². The van der Waals surface area contributed by atoms with Gasteiger partial charge >= 0.3 is 0 Å². The Kier molecular flexibility index (Phi) is 5.37. The van der Waals surface area contributed by atoms with Crippen LogP contribution in [0.3, 0.4) is 0 Å². The number of hydrogen-bond acceptors (Lipinski definition) is 3. The Labute approximate surface area is 86.5 Å². The van der Waals surface area contributed by atoms with E-state index in [9.17, 15) is 0 Å². The summed E-state index contributed by atoms with van der Waals surface area (Å²) in [5.41, 5.74) is 0. The topological polar surface area (TPSA) is 37.8 Å². The van der Waals surface area contributed by atoms with E-state index in [1.807, 2.05) is 14.0 Å². The van der Waals surface area contributed by atoms with E-state index in [4.69, 9.17) is 0 Å². The summed E-state index contributed by atoms with van der Waals surface area (Å²) < 4.78 is 0.907. The summed E-state index contributed by atoms with van der Waals surface area (Å²) in [7, 11) is 1.88.